The summed E-state index contributed by atoms with van der Waals surface area (Å²) >= 11 is 3.25. The molecule has 0 bridgehead atoms. The van der Waals surface area contributed by atoms with Gasteiger partial charge in [0.1, 0.15) is 16.2 Å². The first-order chi connectivity index (χ1) is 12.7. The molecule has 3 heterocycles. The van der Waals surface area contributed by atoms with Gasteiger partial charge in [-0.15, -0.1) is 11.3 Å². The zero-order chi connectivity index (χ0) is 18.1. The third-order valence-electron chi connectivity index (χ3n) is 4.77. The number of carbonyl (C=O) groups excluding carboxylic acids is 1. The van der Waals surface area contributed by atoms with Crippen LogP contribution in [0.1, 0.15) is 29.9 Å². The van der Waals surface area contributed by atoms with E-state index in [0.29, 0.717) is 6.54 Å². The van der Waals surface area contributed by atoms with Crippen LogP contribution in [0, 0.1) is 0 Å². The molecule has 3 aromatic rings. The normalized spacial score (nSPS) is 15.1. The summed E-state index contributed by atoms with van der Waals surface area (Å²) in [7, 11) is 0. The summed E-state index contributed by atoms with van der Waals surface area (Å²) in [5, 5.41) is 1.82. The monoisotopic (exact) mass is 383 g/mol. The van der Waals surface area contributed by atoms with Crippen molar-refractivity contribution in [2.24, 2.45) is 0 Å². The van der Waals surface area contributed by atoms with Crippen molar-refractivity contribution in [1.82, 2.24) is 14.9 Å². The van der Waals surface area contributed by atoms with E-state index in [2.05, 4.69) is 41.2 Å². The van der Waals surface area contributed by atoms with Gasteiger partial charge >= 0.3 is 0 Å². The Kier molecular flexibility index (Phi) is 4.96. The average molecular weight is 384 g/mol. The van der Waals surface area contributed by atoms with Gasteiger partial charge in [-0.1, -0.05) is 43.0 Å². The molecule has 26 heavy (non-hydrogen) atoms. The Labute approximate surface area is 161 Å². The molecule has 1 unspecified atom stereocenters. The van der Waals surface area contributed by atoms with Gasteiger partial charge < -0.3 is 4.90 Å². The standard InChI is InChI=1S/C20H21N3OS2/c1-3-16-10-17-18(21-12-22-19(17)26-16)25-13(2)20(24)23-9-8-14-6-4-5-7-15(14)11-23/h4-7,10,12-13H,3,8-9,11H2,1-2H3. The maximum atomic E-state index is 13.0. The van der Waals surface area contributed by atoms with E-state index in [1.54, 1.807) is 29.4 Å². The van der Waals surface area contributed by atoms with Crippen molar-refractivity contribution in [3.05, 3.63) is 52.7 Å². The Hall–Kier alpha value is -1.92. The Bertz CT molecular complexity index is 953. The molecule has 1 aromatic carbocycles. The van der Waals surface area contributed by atoms with Crippen LogP contribution in [0.2, 0.25) is 0 Å². The summed E-state index contributed by atoms with van der Waals surface area (Å²) in [4.78, 5) is 26.1. The maximum Gasteiger partial charge on any atom is 0.236 e. The third kappa shape index (κ3) is 3.35. The van der Waals surface area contributed by atoms with E-state index in [1.165, 1.54) is 16.0 Å². The lowest BCUT2D eigenvalue weighted by molar-refractivity contribution is -0.131. The van der Waals surface area contributed by atoms with Crippen LogP contribution in [0.3, 0.4) is 0 Å². The van der Waals surface area contributed by atoms with Crippen LogP contribution >= 0.6 is 23.1 Å². The van der Waals surface area contributed by atoms with E-state index in [-0.39, 0.29) is 11.2 Å². The van der Waals surface area contributed by atoms with Crippen LogP contribution in [-0.4, -0.2) is 32.6 Å². The number of hydrogen-bond donors (Lipinski definition) is 0. The zero-order valence-electron chi connectivity index (χ0n) is 14.9. The number of benzene rings is 1. The predicted octanol–water partition coefficient (Wildman–Crippen LogP) is 4.32. The molecular weight excluding hydrogens is 362 g/mol. The van der Waals surface area contributed by atoms with Gasteiger partial charge in [-0.2, -0.15) is 0 Å². The smallest absolute Gasteiger partial charge is 0.236 e. The third-order valence-corrected chi connectivity index (χ3v) is 7.06. The van der Waals surface area contributed by atoms with Crippen LogP contribution in [-0.2, 0) is 24.2 Å². The molecule has 0 fully saturated rings. The van der Waals surface area contributed by atoms with Crippen LogP contribution in [0.4, 0.5) is 0 Å². The minimum absolute atomic E-state index is 0.164. The van der Waals surface area contributed by atoms with Crippen LogP contribution in [0.25, 0.3) is 10.2 Å². The molecule has 6 heteroatoms. The van der Waals surface area contributed by atoms with E-state index < -0.39 is 0 Å². The lowest BCUT2D eigenvalue weighted by Crippen LogP contribution is -2.40. The summed E-state index contributed by atoms with van der Waals surface area (Å²) in [5.74, 6) is 0.183. The van der Waals surface area contributed by atoms with E-state index >= 15 is 0 Å². The largest absolute Gasteiger partial charge is 0.337 e. The topological polar surface area (TPSA) is 46.1 Å². The zero-order valence-corrected chi connectivity index (χ0v) is 16.6. The molecule has 0 saturated carbocycles. The SMILES string of the molecule is CCc1cc2c(SC(C)C(=O)N3CCc4ccccc4C3)ncnc2s1. The van der Waals surface area contributed by atoms with Gasteiger partial charge in [0.15, 0.2) is 0 Å². The Morgan fingerprint density at radius 1 is 1.31 bits per heavy atom. The highest BCUT2D eigenvalue weighted by molar-refractivity contribution is 8.00. The molecule has 1 aliphatic rings. The summed E-state index contributed by atoms with van der Waals surface area (Å²) in [6.45, 7) is 5.62. The number of aryl methyl sites for hydroxylation is 1. The molecule has 1 aliphatic heterocycles. The van der Waals surface area contributed by atoms with Gasteiger partial charge in [0, 0.05) is 23.4 Å². The molecule has 1 atom stereocenters. The van der Waals surface area contributed by atoms with Crippen molar-refractivity contribution in [1.29, 1.82) is 0 Å². The minimum atomic E-state index is -0.164. The average Bonchev–Trinajstić information content (AvgIpc) is 3.11. The molecule has 0 spiro atoms. The van der Waals surface area contributed by atoms with Gasteiger partial charge in [0.25, 0.3) is 0 Å². The first-order valence-corrected chi connectivity index (χ1v) is 10.6. The van der Waals surface area contributed by atoms with Crippen molar-refractivity contribution < 1.29 is 4.79 Å². The van der Waals surface area contributed by atoms with Crippen LogP contribution < -0.4 is 0 Å². The lowest BCUT2D eigenvalue weighted by Gasteiger charge is -2.30. The Morgan fingerprint density at radius 3 is 2.92 bits per heavy atom. The Balaban J connectivity index is 1.51. The quantitative estimate of drug-likeness (QED) is 0.497. The van der Waals surface area contributed by atoms with Crippen molar-refractivity contribution in [3.63, 3.8) is 0 Å². The highest BCUT2D eigenvalue weighted by Gasteiger charge is 2.26. The summed E-state index contributed by atoms with van der Waals surface area (Å²) in [6.07, 6.45) is 3.53. The number of fused-ring (bicyclic) bond motifs is 2. The molecule has 0 radical (unpaired) electrons. The van der Waals surface area contributed by atoms with Crippen LogP contribution in [0.5, 0.6) is 0 Å². The van der Waals surface area contributed by atoms with Crippen molar-refractivity contribution in [3.8, 4) is 0 Å². The fourth-order valence-electron chi connectivity index (χ4n) is 3.31. The number of carbonyl (C=O) groups is 1. The number of nitrogens with zero attached hydrogens (tertiary/aromatic N) is 3. The minimum Gasteiger partial charge on any atom is -0.337 e. The summed E-state index contributed by atoms with van der Waals surface area (Å²) in [5.41, 5.74) is 2.62. The molecule has 134 valence electrons. The second kappa shape index (κ2) is 7.37. The number of aromatic nitrogens is 2. The first-order valence-electron chi connectivity index (χ1n) is 8.91. The first kappa shape index (κ1) is 17.5. The molecule has 0 aliphatic carbocycles. The fourth-order valence-corrected chi connectivity index (χ4v) is 5.29. The molecule has 2 aromatic heterocycles. The number of amides is 1. The summed E-state index contributed by atoms with van der Waals surface area (Å²) in [6, 6.07) is 10.6. The fraction of sp³-hybridized carbons (Fsp3) is 0.350. The van der Waals surface area contributed by atoms with Gasteiger partial charge in [-0.3, -0.25) is 4.79 Å². The molecule has 0 N–H and O–H groups in total. The number of rotatable bonds is 4. The second-order valence-electron chi connectivity index (χ2n) is 6.50. The van der Waals surface area contributed by atoms with Crippen molar-refractivity contribution >= 4 is 39.2 Å². The number of thiophene rings is 1. The van der Waals surface area contributed by atoms with Crippen molar-refractivity contribution in [2.45, 2.75) is 43.5 Å². The molecule has 4 nitrogen and oxygen atoms in total. The van der Waals surface area contributed by atoms with E-state index in [4.69, 9.17) is 0 Å². The summed E-state index contributed by atoms with van der Waals surface area (Å²) < 4.78 is 0. The van der Waals surface area contributed by atoms with E-state index in [1.807, 2.05) is 17.9 Å². The van der Waals surface area contributed by atoms with Gasteiger partial charge in [0.2, 0.25) is 5.91 Å². The van der Waals surface area contributed by atoms with E-state index in [0.717, 1.165) is 34.6 Å². The molecule has 1 amide bonds. The second-order valence-corrected chi connectivity index (χ2v) is 8.95. The highest BCUT2D eigenvalue weighted by Crippen LogP contribution is 2.33. The number of thioether (sulfide) groups is 1. The maximum absolute atomic E-state index is 13.0. The van der Waals surface area contributed by atoms with Gasteiger partial charge in [-0.25, -0.2) is 9.97 Å². The molecule has 4 rings (SSSR count). The number of hydrogen-bond acceptors (Lipinski definition) is 5. The van der Waals surface area contributed by atoms with Crippen molar-refractivity contribution in [2.75, 3.05) is 6.54 Å². The molecular formula is C20H21N3OS2. The molecule has 0 saturated heterocycles. The van der Waals surface area contributed by atoms with Gasteiger partial charge in [0.05, 0.1) is 5.25 Å². The van der Waals surface area contributed by atoms with Gasteiger partial charge in [-0.05, 0) is 37.0 Å². The Morgan fingerprint density at radius 2 is 2.12 bits per heavy atom. The lowest BCUT2D eigenvalue weighted by atomic mass is 10.00. The van der Waals surface area contributed by atoms with Crippen LogP contribution in [0.15, 0.2) is 41.7 Å². The van der Waals surface area contributed by atoms with E-state index in [9.17, 15) is 4.79 Å². The highest BCUT2D eigenvalue weighted by atomic mass is 32.2. The predicted molar refractivity (Wildman–Crippen MR) is 108 cm³/mol.